The molecular weight excluding hydrogens is 264 g/mol. The summed E-state index contributed by atoms with van der Waals surface area (Å²) >= 11 is 0. The van der Waals surface area contributed by atoms with Gasteiger partial charge in [-0.25, -0.2) is 0 Å². The van der Waals surface area contributed by atoms with Crippen LogP contribution in [0.5, 0.6) is 5.75 Å². The van der Waals surface area contributed by atoms with Gasteiger partial charge in [0.25, 0.3) is 0 Å². The third-order valence-electron chi connectivity index (χ3n) is 4.19. The Morgan fingerprint density at radius 3 is 2.24 bits per heavy atom. The normalized spacial score (nSPS) is 14.5. The first-order valence-corrected chi connectivity index (χ1v) is 7.51. The van der Waals surface area contributed by atoms with Gasteiger partial charge in [0.1, 0.15) is 5.75 Å². The lowest BCUT2D eigenvalue weighted by molar-refractivity contribution is -0.122. The molecule has 0 radical (unpaired) electrons. The summed E-state index contributed by atoms with van der Waals surface area (Å²) in [4.78, 5) is 11.1. The lowest BCUT2D eigenvalue weighted by atomic mass is 9.82. The van der Waals surface area contributed by atoms with Gasteiger partial charge in [0.2, 0.25) is 5.91 Å². The molecule has 1 amide bonds. The zero-order valence-corrected chi connectivity index (χ0v) is 13.6. The van der Waals surface area contributed by atoms with Crippen LogP contribution in [0.2, 0.25) is 0 Å². The van der Waals surface area contributed by atoms with E-state index in [-0.39, 0.29) is 5.41 Å². The van der Waals surface area contributed by atoms with E-state index in [0.717, 1.165) is 12.2 Å². The van der Waals surface area contributed by atoms with E-state index in [2.05, 4.69) is 32.9 Å². The number of ether oxygens (including phenoxy) is 1. The summed E-state index contributed by atoms with van der Waals surface area (Å²) < 4.78 is 5.67. The van der Waals surface area contributed by atoms with Gasteiger partial charge in [-0.05, 0) is 49.3 Å². The van der Waals surface area contributed by atoms with E-state index in [1.54, 1.807) is 6.92 Å². The molecule has 1 atom stereocenters. The predicted octanol–water partition coefficient (Wildman–Crippen LogP) is 2.74. The van der Waals surface area contributed by atoms with Crippen molar-refractivity contribution in [2.24, 2.45) is 11.5 Å². The molecule has 0 spiro atoms. The second-order valence-electron chi connectivity index (χ2n) is 6.50. The van der Waals surface area contributed by atoms with Gasteiger partial charge in [-0.15, -0.1) is 0 Å². The molecule has 0 saturated heterocycles. The van der Waals surface area contributed by atoms with Crippen LogP contribution in [0.3, 0.4) is 0 Å². The second-order valence-corrected chi connectivity index (χ2v) is 6.50. The van der Waals surface area contributed by atoms with Crippen LogP contribution >= 0.6 is 0 Å². The highest BCUT2D eigenvalue weighted by Gasteiger charge is 2.24. The maximum absolute atomic E-state index is 11.1. The van der Waals surface area contributed by atoms with Crippen LogP contribution in [-0.4, -0.2) is 18.1 Å². The number of rotatable bonds is 8. The van der Waals surface area contributed by atoms with Crippen LogP contribution in [0, 0.1) is 0 Å². The molecule has 0 fully saturated rings. The molecule has 0 aliphatic heterocycles. The largest absolute Gasteiger partial charge is 0.494 e. The summed E-state index contributed by atoms with van der Waals surface area (Å²) in [6.07, 6.45) is 2.30. The fourth-order valence-corrected chi connectivity index (χ4v) is 1.96. The molecule has 1 aromatic rings. The first-order chi connectivity index (χ1) is 9.69. The Morgan fingerprint density at radius 2 is 1.76 bits per heavy atom. The van der Waals surface area contributed by atoms with Crippen molar-refractivity contribution < 1.29 is 9.53 Å². The van der Waals surface area contributed by atoms with Gasteiger partial charge in [-0.1, -0.05) is 32.9 Å². The highest BCUT2D eigenvalue weighted by atomic mass is 16.5. The van der Waals surface area contributed by atoms with Crippen LogP contribution < -0.4 is 16.2 Å². The van der Waals surface area contributed by atoms with Crippen LogP contribution in [0.1, 0.15) is 52.5 Å². The van der Waals surface area contributed by atoms with Gasteiger partial charge in [0.15, 0.2) is 0 Å². The van der Waals surface area contributed by atoms with E-state index in [1.165, 1.54) is 5.56 Å². The Labute approximate surface area is 127 Å². The molecule has 0 aromatic heterocycles. The number of primary amides is 1. The van der Waals surface area contributed by atoms with Crippen molar-refractivity contribution in [2.45, 2.75) is 57.9 Å². The monoisotopic (exact) mass is 292 g/mol. The Bertz CT molecular complexity index is 464. The molecule has 0 heterocycles. The summed E-state index contributed by atoms with van der Waals surface area (Å²) in [5, 5.41) is 0. The quantitative estimate of drug-likeness (QED) is 0.723. The number of amides is 1. The number of hydrogen-bond acceptors (Lipinski definition) is 3. The van der Waals surface area contributed by atoms with Gasteiger partial charge < -0.3 is 16.2 Å². The smallest absolute Gasteiger partial charge is 0.237 e. The molecule has 4 nitrogen and oxygen atoms in total. The molecule has 21 heavy (non-hydrogen) atoms. The van der Waals surface area contributed by atoms with Crippen molar-refractivity contribution in [3.05, 3.63) is 29.8 Å². The maximum atomic E-state index is 11.1. The molecule has 118 valence electrons. The van der Waals surface area contributed by atoms with Gasteiger partial charge in [-0.2, -0.15) is 0 Å². The fourth-order valence-electron chi connectivity index (χ4n) is 1.96. The van der Waals surface area contributed by atoms with E-state index in [9.17, 15) is 4.79 Å². The number of nitrogens with two attached hydrogens (primary N) is 2. The summed E-state index contributed by atoms with van der Waals surface area (Å²) in [6.45, 7) is 8.82. The van der Waals surface area contributed by atoms with Crippen molar-refractivity contribution in [3.8, 4) is 5.75 Å². The van der Waals surface area contributed by atoms with Gasteiger partial charge in [0, 0.05) is 0 Å². The number of carbonyl (C=O) groups excluding carboxylic acids is 1. The minimum atomic E-state index is -0.960. The molecule has 1 rings (SSSR count). The zero-order chi connectivity index (χ0) is 16.1. The summed E-state index contributed by atoms with van der Waals surface area (Å²) in [5.41, 5.74) is 11.5. The molecular formula is C17H28N2O2. The minimum Gasteiger partial charge on any atom is -0.494 e. The third kappa shape index (κ3) is 5.05. The average molecular weight is 292 g/mol. The van der Waals surface area contributed by atoms with E-state index in [0.29, 0.717) is 19.4 Å². The van der Waals surface area contributed by atoms with Crippen molar-refractivity contribution in [2.75, 3.05) is 6.61 Å². The average Bonchev–Trinajstić information content (AvgIpc) is 2.44. The topological polar surface area (TPSA) is 78.3 Å². The van der Waals surface area contributed by atoms with Crippen LogP contribution in [0.15, 0.2) is 24.3 Å². The van der Waals surface area contributed by atoms with E-state index in [4.69, 9.17) is 16.2 Å². The zero-order valence-electron chi connectivity index (χ0n) is 13.6. The van der Waals surface area contributed by atoms with Crippen molar-refractivity contribution >= 4 is 5.91 Å². The summed E-state index contributed by atoms with van der Waals surface area (Å²) in [6, 6.07) is 8.19. The molecule has 4 heteroatoms. The van der Waals surface area contributed by atoms with Crippen molar-refractivity contribution in [1.82, 2.24) is 0 Å². The number of hydrogen-bond donors (Lipinski definition) is 2. The Hall–Kier alpha value is -1.55. The highest BCUT2D eigenvalue weighted by Crippen LogP contribution is 2.28. The summed E-state index contributed by atoms with van der Waals surface area (Å²) in [7, 11) is 0. The molecule has 4 N–H and O–H groups in total. The van der Waals surface area contributed by atoms with Crippen LogP contribution in [0.4, 0.5) is 0 Å². The van der Waals surface area contributed by atoms with Gasteiger partial charge in [0.05, 0.1) is 12.1 Å². The molecule has 0 aliphatic rings. The number of benzene rings is 1. The molecule has 1 unspecified atom stereocenters. The summed E-state index contributed by atoms with van der Waals surface area (Å²) in [5.74, 6) is 0.358. The van der Waals surface area contributed by atoms with E-state index in [1.807, 2.05) is 12.1 Å². The standard InChI is InChI=1S/C17H28N2O2/c1-5-16(2,3)13-7-9-14(10-8-13)21-12-6-11-17(4,19)15(18)20/h7-10H,5-6,11-12,19H2,1-4H3,(H2,18,20). The van der Waals surface area contributed by atoms with Crippen molar-refractivity contribution in [1.29, 1.82) is 0 Å². The van der Waals surface area contributed by atoms with Crippen LogP contribution in [0.25, 0.3) is 0 Å². The highest BCUT2D eigenvalue weighted by molar-refractivity contribution is 5.83. The number of carbonyl (C=O) groups is 1. The first-order valence-electron chi connectivity index (χ1n) is 7.51. The Kier molecular flexibility index (Phi) is 5.78. The first kappa shape index (κ1) is 17.5. The molecule has 0 saturated carbocycles. The lowest BCUT2D eigenvalue weighted by Crippen LogP contribution is -2.49. The van der Waals surface area contributed by atoms with E-state index < -0.39 is 11.4 Å². The Morgan fingerprint density at radius 1 is 1.19 bits per heavy atom. The van der Waals surface area contributed by atoms with E-state index >= 15 is 0 Å². The van der Waals surface area contributed by atoms with Gasteiger partial charge >= 0.3 is 0 Å². The molecule has 0 bridgehead atoms. The van der Waals surface area contributed by atoms with Crippen molar-refractivity contribution in [3.63, 3.8) is 0 Å². The third-order valence-corrected chi connectivity index (χ3v) is 4.19. The van der Waals surface area contributed by atoms with Crippen LogP contribution in [-0.2, 0) is 10.2 Å². The maximum Gasteiger partial charge on any atom is 0.237 e. The predicted molar refractivity (Wildman–Crippen MR) is 86.3 cm³/mol. The molecule has 0 aliphatic carbocycles. The lowest BCUT2D eigenvalue weighted by Gasteiger charge is -2.23. The van der Waals surface area contributed by atoms with Gasteiger partial charge in [-0.3, -0.25) is 4.79 Å². The minimum absolute atomic E-state index is 0.182. The fraction of sp³-hybridized carbons (Fsp3) is 0.588. The second kappa shape index (κ2) is 6.94. The Balaban J connectivity index is 2.46. The molecule has 1 aromatic carbocycles. The SMILES string of the molecule is CCC(C)(C)c1ccc(OCCCC(C)(N)C(N)=O)cc1.